The number of aliphatic hydroxyl groups is 1. The number of benzene rings is 2. The molecule has 128 valence electrons. The molecule has 0 bridgehead atoms. The second-order valence-corrected chi connectivity index (χ2v) is 7.23. The molecule has 1 aliphatic carbocycles. The molecule has 1 aliphatic heterocycles. The first-order chi connectivity index (χ1) is 11.9. The van der Waals surface area contributed by atoms with Crippen molar-refractivity contribution in [1.82, 2.24) is 0 Å². The molecule has 2 aromatic rings. The van der Waals surface area contributed by atoms with E-state index in [1.165, 1.54) is 12.0 Å². The molecule has 0 saturated heterocycles. The van der Waals surface area contributed by atoms with Gasteiger partial charge in [0.1, 0.15) is 5.75 Å². The van der Waals surface area contributed by atoms with Gasteiger partial charge in [0, 0.05) is 17.1 Å². The number of likely N-dealkylation sites (N-methyl/N-ethyl adjacent to an activating group) is 1. The molecule has 0 fully saturated rings. The van der Waals surface area contributed by atoms with Crippen LogP contribution >= 0.6 is 15.9 Å². The molecule has 4 rings (SSSR count). The third kappa shape index (κ3) is 1.98. The number of carbonyl (C=O) groups is 2. The van der Waals surface area contributed by atoms with E-state index in [0.29, 0.717) is 22.6 Å². The summed E-state index contributed by atoms with van der Waals surface area (Å²) in [6.45, 7) is 0. The van der Waals surface area contributed by atoms with Gasteiger partial charge >= 0.3 is 0 Å². The third-order valence-corrected chi connectivity index (χ3v) is 5.96. The first-order valence-electron chi connectivity index (χ1n) is 7.90. The largest absolute Gasteiger partial charge is 0.496 e. The van der Waals surface area contributed by atoms with E-state index in [1.54, 1.807) is 37.4 Å². The van der Waals surface area contributed by atoms with Crippen molar-refractivity contribution in [3.63, 3.8) is 0 Å². The van der Waals surface area contributed by atoms with E-state index in [-0.39, 0.29) is 12.2 Å². The first kappa shape index (κ1) is 16.3. The summed E-state index contributed by atoms with van der Waals surface area (Å²) >= 11 is 3.47. The zero-order valence-corrected chi connectivity index (χ0v) is 15.3. The number of carbonyl (C=O) groups excluding carboxylic acids is 2. The first-order valence-corrected chi connectivity index (χ1v) is 8.70. The van der Waals surface area contributed by atoms with Crippen LogP contribution in [0.1, 0.15) is 21.5 Å². The number of ether oxygens (including phenoxy) is 1. The highest BCUT2D eigenvalue weighted by molar-refractivity contribution is 9.10. The summed E-state index contributed by atoms with van der Waals surface area (Å²) in [5.41, 5.74) is 0.442. The zero-order chi connectivity index (χ0) is 17.9. The van der Waals surface area contributed by atoms with Crippen LogP contribution in [0.4, 0.5) is 5.69 Å². The Morgan fingerprint density at radius 1 is 1.24 bits per heavy atom. The van der Waals surface area contributed by atoms with Crippen LogP contribution in [0.2, 0.25) is 0 Å². The Morgan fingerprint density at radius 3 is 2.68 bits per heavy atom. The molecule has 1 heterocycles. The summed E-state index contributed by atoms with van der Waals surface area (Å²) < 4.78 is 6.10. The fourth-order valence-corrected chi connectivity index (χ4v) is 4.45. The number of rotatable bonds is 2. The van der Waals surface area contributed by atoms with Crippen LogP contribution in [0.25, 0.3) is 0 Å². The maximum absolute atomic E-state index is 13.2. The van der Waals surface area contributed by atoms with Gasteiger partial charge in [0.05, 0.1) is 24.3 Å². The number of hydrogen-bond acceptors (Lipinski definition) is 4. The van der Waals surface area contributed by atoms with Crippen molar-refractivity contribution in [3.8, 4) is 5.75 Å². The quantitative estimate of drug-likeness (QED) is 0.839. The minimum absolute atomic E-state index is 0.269. The number of nitrogens with zero attached hydrogens (tertiary/aromatic N) is 1. The molecule has 2 aliphatic rings. The number of hydrogen-bond donors (Lipinski definition) is 1. The van der Waals surface area contributed by atoms with Crippen LogP contribution in [0.3, 0.4) is 0 Å². The monoisotopic (exact) mass is 401 g/mol. The topological polar surface area (TPSA) is 66.8 Å². The van der Waals surface area contributed by atoms with Crippen LogP contribution < -0.4 is 9.64 Å². The van der Waals surface area contributed by atoms with Crippen LogP contribution in [-0.4, -0.2) is 31.0 Å². The minimum Gasteiger partial charge on any atom is -0.496 e. The van der Waals surface area contributed by atoms with E-state index < -0.39 is 17.4 Å². The van der Waals surface area contributed by atoms with Gasteiger partial charge in [0.25, 0.3) is 5.91 Å². The van der Waals surface area contributed by atoms with Gasteiger partial charge in [0.15, 0.2) is 11.4 Å². The molecule has 5 nitrogen and oxygen atoms in total. The number of ketones is 1. The Labute approximate surface area is 153 Å². The highest BCUT2D eigenvalue weighted by atomic mass is 79.9. The average molecular weight is 402 g/mol. The van der Waals surface area contributed by atoms with Gasteiger partial charge < -0.3 is 14.7 Å². The van der Waals surface area contributed by atoms with Gasteiger partial charge in [-0.2, -0.15) is 0 Å². The number of halogens is 1. The van der Waals surface area contributed by atoms with Crippen molar-refractivity contribution < 1.29 is 19.4 Å². The number of Topliss-reactive ketones (excluding diaryl/α,β-unsaturated/α-hetero) is 1. The second kappa shape index (κ2) is 5.41. The lowest BCUT2D eigenvalue weighted by molar-refractivity contribution is -0.139. The Morgan fingerprint density at radius 2 is 1.96 bits per heavy atom. The molecule has 1 amide bonds. The van der Waals surface area contributed by atoms with Gasteiger partial charge in [-0.3, -0.25) is 9.59 Å². The Hall–Kier alpha value is -2.18. The second-order valence-electron chi connectivity index (χ2n) is 6.37. The Bertz CT molecular complexity index is 926. The molecule has 0 spiro atoms. The van der Waals surface area contributed by atoms with E-state index in [9.17, 15) is 14.7 Å². The van der Waals surface area contributed by atoms with E-state index in [0.717, 1.165) is 10.0 Å². The van der Waals surface area contributed by atoms with Crippen LogP contribution in [0, 0.1) is 5.92 Å². The van der Waals surface area contributed by atoms with E-state index in [4.69, 9.17) is 4.74 Å². The van der Waals surface area contributed by atoms with Crippen molar-refractivity contribution in [3.05, 3.63) is 57.6 Å². The number of para-hydroxylation sites is 1. The van der Waals surface area contributed by atoms with Crippen molar-refractivity contribution in [2.45, 2.75) is 12.0 Å². The highest BCUT2D eigenvalue weighted by Gasteiger charge is 2.58. The third-order valence-electron chi connectivity index (χ3n) is 5.22. The lowest BCUT2D eigenvalue weighted by Gasteiger charge is -2.27. The molecule has 0 radical (unpaired) electrons. The Kier molecular flexibility index (Phi) is 3.53. The van der Waals surface area contributed by atoms with Gasteiger partial charge in [-0.25, -0.2) is 0 Å². The maximum atomic E-state index is 13.2. The molecule has 0 aromatic heterocycles. The predicted molar refractivity (Wildman–Crippen MR) is 96.0 cm³/mol. The molecule has 2 atom stereocenters. The lowest BCUT2D eigenvalue weighted by atomic mass is 9.79. The summed E-state index contributed by atoms with van der Waals surface area (Å²) in [6, 6.07) is 10.6. The summed E-state index contributed by atoms with van der Waals surface area (Å²) in [5.74, 6) is -1.17. The zero-order valence-electron chi connectivity index (χ0n) is 13.7. The van der Waals surface area contributed by atoms with Gasteiger partial charge in [-0.15, -0.1) is 0 Å². The molecule has 25 heavy (non-hydrogen) atoms. The summed E-state index contributed by atoms with van der Waals surface area (Å²) in [7, 11) is 3.12. The minimum atomic E-state index is -1.87. The number of amides is 1. The number of anilines is 1. The van der Waals surface area contributed by atoms with Gasteiger partial charge in [0.2, 0.25) is 0 Å². The average Bonchev–Trinajstić information content (AvgIpc) is 3.07. The summed E-state index contributed by atoms with van der Waals surface area (Å²) in [6.07, 6.45) is 0.274. The van der Waals surface area contributed by atoms with Crippen LogP contribution in [0.15, 0.2) is 40.9 Å². The SMILES string of the molecule is COc1ccc(Br)c2c1C(=O)[C@@H]([C@]1(O)C(=O)N(C)c3ccccc31)C2. The number of methoxy groups -OCH3 is 1. The predicted octanol–water partition coefficient (Wildman–Crippen LogP) is 2.68. The summed E-state index contributed by atoms with van der Waals surface area (Å²) in [5, 5.41) is 11.4. The van der Waals surface area contributed by atoms with E-state index >= 15 is 0 Å². The smallest absolute Gasteiger partial charge is 0.264 e. The number of fused-ring (bicyclic) bond motifs is 2. The summed E-state index contributed by atoms with van der Waals surface area (Å²) in [4.78, 5) is 27.5. The van der Waals surface area contributed by atoms with Crippen LogP contribution in [0.5, 0.6) is 5.75 Å². The van der Waals surface area contributed by atoms with Crippen molar-refractivity contribution in [1.29, 1.82) is 0 Å². The van der Waals surface area contributed by atoms with Crippen LogP contribution in [-0.2, 0) is 16.8 Å². The standard InChI is InChI=1S/C19H16BrNO4/c1-21-14-6-4-3-5-11(14)19(24,18(21)23)12-9-10-13(20)7-8-15(25-2)16(10)17(12)22/h3-8,12,24H,9H2,1-2H3/t12-,19-/m0/s1. The molecule has 6 heteroatoms. The van der Waals surface area contributed by atoms with E-state index in [1.807, 2.05) is 6.07 Å². The molecule has 2 aromatic carbocycles. The molecular weight excluding hydrogens is 386 g/mol. The Balaban J connectivity index is 1.88. The van der Waals surface area contributed by atoms with Crippen molar-refractivity contribution in [2.75, 3.05) is 19.1 Å². The molecule has 0 saturated carbocycles. The lowest BCUT2D eigenvalue weighted by Crippen LogP contribution is -2.46. The maximum Gasteiger partial charge on any atom is 0.264 e. The van der Waals surface area contributed by atoms with E-state index in [2.05, 4.69) is 15.9 Å². The fraction of sp³-hybridized carbons (Fsp3) is 0.263. The molecule has 0 unspecified atom stereocenters. The highest BCUT2D eigenvalue weighted by Crippen LogP contribution is 2.50. The molecular formula is C19H16BrNO4. The van der Waals surface area contributed by atoms with Crippen molar-refractivity contribution in [2.24, 2.45) is 5.92 Å². The van der Waals surface area contributed by atoms with Crippen molar-refractivity contribution >= 4 is 33.3 Å². The molecule has 1 N–H and O–H groups in total. The van der Waals surface area contributed by atoms with Gasteiger partial charge in [-0.1, -0.05) is 34.1 Å². The normalized spacial score (nSPS) is 24.5. The van der Waals surface area contributed by atoms with Gasteiger partial charge in [-0.05, 0) is 30.2 Å². The fourth-order valence-electron chi connectivity index (χ4n) is 3.95.